The van der Waals surface area contributed by atoms with Gasteiger partial charge in [0.05, 0.1) is 13.1 Å². The van der Waals surface area contributed by atoms with Gasteiger partial charge < -0.3 is 9.42 Å². The predicted octanol–water partition coefficient (Wildman–Crippen LogP) is 2.91. The Morgan fingerprint density at radius 3 is 2.45 bits per heavy atom. The van der Waals surface area contributed by atoms with E-state index in [2.05, 4.69) is 24.8 Å². The van der Waals surface area contributed by atoms with E-state index in [1.165, 1.54) is 12.8 Å². The van der Waals surface area contributed by atoms with Crippen molar-refractivity contribution in [3.05, 3.63) is 35.2 Å². The van der Waals surface area contributed by atoms with Crippen molar-refractivity contribution >= 4 is 17.5 Å². The molecule has 2 fully saturated rings. The number of amides is 1. The van der Waals surface area contributed by atoms with Crippen LogP contribution in [0, 0.1) is 0 Å². The molecule has 1 aromatic carbocycles. The molecular formula is C21H28ClN5O2. The number of halogens is 1. The lowest BCUT2D eigenvalue weighted by Crippen LogP contribution is -2.49. The molecular weight excluding hydrogens is 390 g/mol. The number of hydrogen-bond acceptors (Lipinski definition) is 6. The Balaban J connectivity index is 1.24. The quantitative estimate of drug-likeness (QED) is 0.745. The topological polar surface area (TPSA) is 65.7 Å². The predicted molar refractivity (Wildman–Crippen MR) is 112 cm³/mol. The zero-order chi connectivity index (χ0) is 20.1. The van der Waals surface area contributed by atoms with Gasteiger partial charge in [-0.1, -0.05) is 41.7 Å². The van der Waals surface area contributed by atoms with Gasteiger partial charge in [-0.2, -0.15) is 4.98 Å². The van der Waals surface area contributed by atoms with Crippen molar-refractivity contribution in [2.75, 3.05) is 45.8 Å². The van der Waals surface area contributed by atoms with Gasteiger partial charge in [-0.15, -0.1) is 0 Å². The van der Waals surface area contributed by atoms with Gasteiger partial charge in [-0.05, 0) is 25.0 Å². The average molecular weight is 418 g/mol. The van der Waals surface area contributed by atoms with Gasteiger partial charge in [0.15, 0.2) is 0 Å². The fourth-order valence-electron chi connectivity index (χ4n) is 3.97. The Morgan fingerprint density at radius 1 is 1.00 bits per heavy atom. The number of piperazine rings is 1. The monoisotopic (exact) mass is 417 g/mol. The summed E-state index contributed by atoms with van der Waals surface area (Å²) >= 11 is 6.04. The highest BCUT2D eigenvalue weighted by Crippen LogP contribution is 2.20. The van der Waals surface area contributed by atoms with Gasteiger partial charge in [0.1, 0.15) is 0 Å². The maximum absolute atomic E-state index is 12.6. The summed E-state index contributed by atoms with van der Waals surface area (Å²) in [7, 11) is 0. The molecule has 2 saturated heterocycles. The SMILES string of the molecule is O=C(CN1CCN(Cc2nc(-c3cccc(Cl)c3)no2)CC1)N1CCCCCC1. The van der Waals surface area contributed by atoms with E-state index in [1.807, 2.05) is 24.3 Å². The highest BCUT2D eigenvalue weighted by molar-refractivity contribution is 6.30. The first kappa shape index (κ1) is 20.3. The van der Waals surface area contributed by atoms with Gasteiger partial charge >= 0.3 is 0 Å². The normalized spacial score (nSPS) is 19.3. The number of carbonyl (C=O) groups is 1. The summed E-state index contributed by atoms with van der Waals surface area (Å²) in [6, 6.07) is 7.44. The standard InChI is InChI=1S/C21H28ClN5O2/c22-18-7-5-6-17(14-18)21-23-19(29-24-21)15-25-10-12-26(13-11-25)16-20(28)27-8-3-1-2-4-9-27/h5-7,14H,1-4,8-13,15-16H2. The number of rotatable bonds is 5. The highest BCUT2D eigenvalue weighted by Gasteiger charge is 2.23. The second-order valence-electron chi connectivity index (χ2n) is 7.87. The number of aromatic nitrogens is 2. The van der Waals surface area contributed by atoms with E-state index in [9.17, 15) is 4.79 Å². The summed E-state index contributed by atoms with van der Waals surface area (Å²) < 4.78 is 5.42. The van der Waals surface area contributed by atoms with Crippen molar-refractivity contribution in [2.24, 2.45) is 0 Å². The van der Waals surface area contributed by atoms with Crippen molar-refractivity contribution in [2.45, 2.75) is 32.2 Å². The van der Waals surface area contributed by atoms with Crippen LogP contribution in [0.25, 0.3) is 11.4 Å². The summed E-state index contributed by atoms with van der Waals surface area (Å²) in [4.78, 5) is 23.7. The number of carbonyl (C=O) groups excluding carboxylic acids is 1. The molecule has 8 heteroatoms. The number of hydrogen-bond donors (Lipinski definition) is 0. The third-order valence-corrected chi connectivity index (χ3v) is 5.93. The largest absolute Gasteiger partial charge is 0.342 e. The first-order valence-corrected chi connectivity index (χ1v) is 10.9. The van der Waals surface area contributed by atoms with Crippen LogP contribution in [0.4, 0.5) is 0 Å². The van der Waals surface area contributed by atoms with Crippen LogP contribution in [0.5, 0.6) is 0 Å². The van der Waals surface area contributed by atoms with E-state index < -0.39 is 0 Å². The maximum atomic E-state index is 12.6. The van der Waals surface area contributed by atoms with Gasteiger partial charge in [0.2, 0.25) is 17.6 Å². The van der Waals surface area contributed by atoms with Crippen LogP contribution in [0.1, 0.15) is 31.6 Å². The molecule has 1 aromatic heterocycles. The van der Waals surface area contributed by atoms with Crippen LogP contribution in [0.15, 0.2) is 28.8 Å². The molecule has 0 unspecified atom stereocenters. The second kappa shape index (κ2) is 9.69. The molecule has 4 rings (SSSR count). The van der Waals surface area contributed by atoms with Gasteiger partial charge in [0.25, 0.3) is 0 Å². The number of nitrogens with zero attached hydrogens (tertiary/aromatic N) is 5. The first-order chi connectivity index (χ1) is 14.2. The molecule has 2 aliphatic heterocycles. The molecule has 0 radical (unpaired) electrons. The minimum absolute atomic E-state index is 0.281. The summed E-state index contributed by atoms with van der Waals surface area (Å²) in [5.41, 5.74) is 0.851. The Hall–Kier alpha value is -1.96. The van der Waals surface area contributed by atoms with E-state index in [0.717, 1.165) is 57.7 Å². The summed E-state index contributed by atoms with van der Waals surface area (Å²) in [5, 5.41) is 4.73. The molecule has 0 saturated carbocycles. The molecule has 0 N–H and O–H groups in total. The summed E-state index contributed by atoms with van der Waals surface area (Å²) in [6.07, 6.45) is 4.77. The Labute approximate surface area is 176 Å². The van der Waals surface area contributed by atoms with Crippen LogP contribution in [-0.4, -0.2) is 76.6 Å². The van der Waals surface area contributed by atoms with E-state index >= 15 is 0 Å². The molecule has 1 amide bonds. The zero-order valence-electron chi connectivity index (χ0n) is 16.7. The molecule has 156 valence electrons. The van der Waals surface area contributed by atoms with Crippen LogP contribution >= 0.6 is 11.6 Å². The molecule has 0 atom stereocenters. The number of likely N-dealkylation sites (tertiary alicyclic amines) is 1. The first-order valence-electron chi connectivity index (χ1n) is 10.5. The Bertz CT molecular complexity index is 811. The highest BCUT2D eigenvalue weighted by atomic mass is 35.5. The van der Waals surface area contributed by atoms with Crippen LogP contribution in [0.3, 0.4) is 0 Å². The lowest BCUT2D eigenvalue weighted by molar-refractivity contribution is -0.132. The van der Waals surface area contributed by atoms with Crippen LogP contribution in [-0.2, 0) is 11.3 Å². The Kier molecular flexibility index (Phi) is 6.79. The molecule has 2 aliphatic rings. The van der Waals surface area contributed by atoms with Crippen molar-refractivity contribution < 1.29 is 9.32 Å². The number of benzene rings is 1. The molecule has 0 aliphatic carbocycles. The maximum Gasteiger partial charge on any atom is 0.241 e. The van der Waals surface area contributed by atoms with Gasteiger partial charge in [-0.3, -0.25) is 14.6 Å². The zero-order valence-corrected chi connectivity index (χ0v) is 17.5. The van der Waals surface area contributed by atoms with Crippen molar-refractivity contribution in [3.63, 3.8) is 0 Å². The van der Waals surface area contributed by atoms with E-state index in [1.54, 1.807) is 0 Å². The van der Waals surface area contributed by atoms with E-state index in [0.29, 0.717) is 29.8 Å². The molecule has 3 heterocycles. The molecule has 0 spiro atoms. The van der Waals surface area contributed by atoms with Crippen molar-refractivity contribution in [1.82, 2.24) is 24.8 Å². The lowest BCUT2D eigenvalue weighted by Gasteiger charge is -2.34. The molecule has 2 aromatic rings. The van der Waals surface area contributed by atoms with Crippen LogP contribution < -0.4 is 0 Å². The molecule has 29 heavy (non-hydrogen) atoms. The lowest BCUT2D eigenvalue weighted by atomic mass is 10.2. The average Bonchev–Trinajstić information content (AvgIpc) is 3.01. The molecule has 0 bridgehead atoms. The summed E-state index contributed by atoms with van der Waals surface area (Å²) in [6.45, 7) is 6.55. The third-order valence-electron chi connectivity index (χ3n) is 5.69. The van der Waals surface area contributed by atoms with Crippen molar-refractivity contribution in [1.29, 1.82) is 0 Å². The third kappa shape index (κ3) is 5.56. The Morgan fingerprint density at radius 2 is 1.72 bits per heavy atom. The van der Waals surface area contributed by atoms with E-state index in [-0.39, 0.29) is 5.91 Å². The minimum Gasteiger partial charge on any atom is -0.342 e. The second-order valence-corrected chi connectivity index (χ2v) is 8.31. The van der Waals surface area contributed by atoms with Gasteiger partial charge in [0, 0.05) is 49.9 Å². The van der Waals surface area contributed by atoms with Crippen molar-refractivity contribution in [3.8, 4) is 11.4 Å². The molecule has 7 nitrogen and oxygen atoms in total. The smallest absolute Gasteiger partial charge is 0.241 e. The summed E-state index contributed by atoms with van der Waals surface area (Å²) in [5.74, 6) is 1.45. The fraction of sp³-hybridized carbons (Fsp3) is 0.571. The minimum atomic E-state index is 0.281. The van der Waals surface area contributed by atoms with Crippen LogP contribution in [0.2, 0.25) is 5.02 Å². The fourth-order valence-corrected chi connectivity index (χ4v) is 4.16. The van der Waals surface area contributed by atoms with Gasteiger partial charge in [-0.25, -0.2) is 0 Å². The van der Waals surface area contributed by atoms with E-state index in [4.69, 9.17) is 16.1 Å².